The smallest absolute Gasteiger partial charge is 0.172 e. The van der Waals surface area contributed by atoms with E-state index in [2.05, 4.69) is 66.7 Å². The Hall–Kier alpha value is -3.15. The molecule has 1 aliphatic rings. The molecular formula is C26H17OP. The molecule has 5 aromatic rings. The molecule has 0 fully saturated rings. The molecule has 1 nitrogen and oxygen atoms in total. The van der Waals surface area contributed by atoms with Crippen molar-refractivity contribution in [2.24, 2.45) is 0 Å². The van der Waals surface area contributed by atoms with Gasteiger partial charge in [0.25, 0.3) is 0 Å². The fourth-order valence-electron chi connectivity index (χ4n) is 4.64. The van der Waals surface area contributed by atoms with Crippen LogP contribution in [-0.4, -0.2) is 0 Å². The minimum atomic E-state index is -2.97. The van der Waals surface area contributed by atoms with Gasteiger partial charge in [0, 0.05) is 26.9 Å². The number of rotatable bonds is 1. The van der Waals surface area contributed by atoms with Gasteiger partial charge in [0.1, 0.15) is 0 Å². The molecule has 0 bridgehead atoms. The average Bonchev–Trinajstić information content (AvgIpc) is 2.77. The highest BCUT2D eigenvalue weighted by Gasteiger charge is 2.38. The van der Waals surface area contributed by atoms with Crippen molar-refractivity contribution in [2.75, 3.05) is 0 Å². The highest BCUT2D eigenvalue weighted by molar-refractivity contribution is 7.86. The van der Waals surface area contributed by atoms with E-state index >= 15 is 0 Å². The van der Waals surface area contributed by atoms with E-state index in [1.54, 1.807) is 0 Å². The molecule has 1 atom stereocenters. The summed E-state index contributed by atoms with van der Waals surface area (Å²) in [7, 11) is -2.97. The number of benzene rings is 5. The number of hydrogen-bond acceptors (Lipinski definition) is 1. The second-order valence-electron chi connectivity index (χ2n) is 7.31. The average molecular weight is 376 g/mol. The molecular weight excluding hydrogens is 359 g/mol. The molecule has 1 heterocycles. The minimum Gasteiger partial charge on any atom is -0.309 e. The van der Waals surface area contributed by atoms with E-state index in [4.69, 9.17) is 0 Å². The van der Waals surface area contributed by atoms with E-state index in [-0.39, 0.29) is 0 Å². The lowest BCUT2D eigenvalue weighted by atomic mass is 9.93. The lowest BCUT2D eigenvalue weighted by molar-refractivity contribution is 0.592. The lowest BCUT2D eigenvalue weighted by Crippen LogP contribution is -2.30. The quantitative estimate of drug-likeness (QED) is 0.341. The monoisotopic (exact) mass is 376 g/mol. The third-order valence-electron chi connectivity index (χ3n) is 5.86. The molecule has 2 heteroatoms. The Morgan fingerprint density at radius 2 is 1.25 bits per heavy atom. The molecule has 0 spiro atoms. The van der Waals surface area contributed by atoms with Gasteiger partial charge >= 0.3 is 0 Å². The van der Waals surface area contributed by atoms with Crippen molar-refractivity contribution < 1.29 is 4.57 Å². The van der Waals surface area contributed by atoms with Crippen molar-refractivity contribution in [1.29, 1.82) is 0 Å². The maximum atomic E-state index is 14.9. The summed E-state index contributed by atoms with van der Waals surface area (Å²) in [6, 6.07) is 35.2. The second kappa shape index (κ2) is 5.67. The molecule has 0 amide bonds. The molecule has 0 aromatic heterocycles. The number of fused-ring (bicyclic) bond motifs is 4. The van der Waals surface area contributed by atoms with Crippen LogP contribution in [0.15, 0.2) is 103 Å². The molecule has 1 unspecified atom stereocenters. The molecule has 1 aliphatic heterocycles. The van der Waals surface area contributed by atoms with Crippen molar-refractivity contribution in [3.05, 3.63) is 103 Å². The predicted molar refractivity (Wildman–Crippen MR) is 120 cm³/mol. The normalized spacial score (nSPS) is 17.6. The van der Waals surface area contributed by atoms with Gasteiger partial charge in [0.15, 0.2) is 7.14 Å². The van der Waals surface area contributed by atoms with Crippen LogP contribution in [0.25, 0.3) is 32.7 Å². The van der Waals surface area contributed by atoms with Crippen LogP contribution >= 0.6 is 7.14 Å². The largest absolute Gasteiger partial charge is 0.309 e. The Kier molecular flexibility index (Phi) is 3.21. The van der Waals surface area contributed by atoms with E-state index in [1.165, 1.54) is 10.9 Å². The first-order valence-electron chi connectivity index (χ1n) is 9.49. The maximum Gasteiger partial charge on any atom is 0.172 e. The first-order chi connectivity index (χ1) is 13.8. The van der Waals surface area contributed by atoms with Crippen LogP contribution in [0.1, 0.15) is 0 Å². The molecule has 6 rings (SSSR count). The summed E-state index contributed by atoms with van der Waals surface area (Å²) < 4.78 is 14.9. The minimum absolute atomic E-state index is 0.897. The van der Waals surface area contributed by atoms with Crippen LogP contribution in [0.5, 0.6) is 0 Å². The third-order valence-corrected chi connectivity index (χ3v) is 8.99. The van der Waals surface area contributed by atoms with Gasteiger partial charge in [-0.2, -0.15) is 0 Å². The predicted octanol–water partition coefficient (Wildman–Crippen LogP) is 5.61. The van der Waals surface area contributed by atoms with Gasteiger partial charge in [-0.05, 0) is 27.8 Å². The summed E-state index contributed by atoms with van der Waals surface area (Å²) in [4.78, 5) is 0. The molecule has 0 saturated carbocycles. The van der Waals surface area contributed by atoms with Crippen molar-refractivity contribution in [1.82, 2.24) is 0 Å². The lowest BCUT2D eigenvalue weighted by Gasteiger charge is -2.30. The molecule has 0 saturated heterocycles. The summed E-state index contributed by atoms with van der Waals surface area (Å²) >= 11 is 0. The second-order valence-corrected chi connectivity index (χ2v) is 10.0. The van der Waals surface area contributed by atoms with Gasteiger partial charge in [0.05, 0.1) is 0 Å². The van der Waals surface area contributed by atoms with Gasteiger partial charge < -0.3 is 4.57 Å². The summed E-state index contributed by atoms with van der Waals surface area (Å²) in [6.07, 6.45) is 0. The fourth-order valence-corrected chi connectivity index (χ4v) is 7.75. The van der Waals surface area contributed by atoms with Gasteiger partial charge in [-0.1, -0.05) is 97.1 Å². The van der Waals surface area contributed by atoms with Crippen LogP contribution in [-0.2, 0) is 4.57 Å². The molecule has 0 radical (unpaired) electrons. The summed E-state index contributed by atoms with van der Waals surface area (Å²) in [5, 5.41) is 7.41. The standard InChI is InChI=1S/C26H17OP/c27-28(20-11-2-1-3-12-20)23-15-7-10-19-9-6-14-22(25(19)23)26-21-13-5-4-8-18(21)16-17-24(26)28/h1-17H. The van der Waals surface area contributed by atoms with Crippen molar-refractivity contribution in [3.63, 3.8) is 0 Å². The Labute approximate surface area is 163 Å². The zero-order chi connectivity index (χ0) is 18.7. The zero-order valence-electron chi connectivity index (χ0n) is 15.2. The topological polar surface area (TPSA) is 17.1 Å². The summed E-state index contributed by atoms with van der Waals surface area (Å²) in [5.74, 6) is 0. The van der Waals surface area contributed by atoms with E-state index in [9.17, 15) is 4.57 Å². The summed E-state index contributed by atoms with van der Waals surface area (Å²) in [6.45, 7) is 0. The fraction of sp³-hybridized carbons (Fsp3) is 0. The molecule has 28 heavy (non-hydrogen) atoms. The molecule has 132 valence electrons. The highest BCUT2D eigenvalue weighted by Crippen LogP contribution is 2.53. The SMILES string of the molecule is O=P1(c2ccccc2)c2ccc3ccccc3c2-c2cccc3cccc1c23. The Bertz CT molecular complexity index is 1430. The molecule has 0 aliphatic carbocycles. The van der Waals surface area contributed by atoms with Crippen LogP contribution in [0, 0.1) is 0 Å². The van der Waals surface area contributed by atoms with Crippen LogP contribution < -0.4 is 15.9 Å². The van der Waals surface area contributed by atoms with Crippen LogP contribution in [0.3, 0.4) is 0 Å². The third kappa shape index (κ3) is 1.95. The highest BCUT2D eigenvalue weighted by atomic mass is 31.2. The molecule has 5 aromatic carbocycles. The first-order valence-corrected chi connectivity index (χ1v) is 11.2. The first kappa shape index (κ1) is 15.9. The molecule has 0 N–H and O–H groups in total. The van der Waals surface area contributed by atoms with Crippen LogP contribution in [0.2, 0.25) is 0 Å². The Balaban J connectivity index is 1.90. The van der Waals surface area contributed by atoms with E-state index < -0.39 is 7.14 Å². The van der Waals surface area contributed by atoms with E-state index in [1.807, 2.05) is 36.4 Å². The van der Waals surface area contributed by atoms with Gasteiger partial charge in [-0.3, -0.25) is 0 Å². The van der Waals surface area contributed by atoms with Gasteiger partial charge in [-0.25, -0.2) is 0 Å². The van der Waals surface area contributed by atoms with Crippen molar-refractivity contribution in [3.8, 4) is 11.1 Å². The van der Waals surface area contributed by atoms with Gasteiger partial charge in [0.2, 0.25) is 0 Å². The Morgan fingerprint density at radius 1 is 0.536 bits per heavy atom. The Morgan fingerprint density at radius 3 is 2.11 bits per heavy atom. The van der Waals surface area contributed by atoms with Crippen molar-refractivity contribution >= 4 is 44.6 Å². The van der Waals surface area contributed by atoms with Crippen molar-refractivity contribution in [2.45, 2.75) is 0 Å². The van der Waals surface area contributed by atoms with E-state index in [0.717, 1.165) is 37.6 Å². The van der Waals surface area contributed by atoms with Crippen LogP contribution in [0.4, 0.5) is 0 Å². The zero-order valence-corrected chi connectivity index (χ0v) is 16.1. The maximum absolute atomic E-state index is 14.9. The summed E-state index contributed by atoms with van der Waals surface area (Å²) in [5.41, 5.74) is 2.30. The number of hydrogen-bond donors (Lipinski definition) is 0. The van der Waals surface area contributed by atoms with Gasteiger partial charge in [-0.15, -0.1) is 0 Å². The van der Waals surface area contributed by atoms with E-state index in [0.29, 0.717) is 0 Å².